The maximum absolute atomic E-state index is 12.6. The Morgan fingerprint density at radius 1 is 0.897 bits per heavy atom. The van der Waals surface area contributed by atoms with Crippen LogP contribution in [0.1, 0.15) is 36.6 Å². The smallest absolute Gasteiger partial charge is 0.261 e. The SMILES string of the molecule is CN1C(=O)c2ccc(C(=O)NCc3ccccc3Sc3ccccc3)cc2C1=O. The largest absolute Gasteiger partial charge is 0.348 e. The second-order valence-electron chi connectivity index (χ2n) is 6.64. The lowest BCUT2D eigenvalue weighted by molar-refractivity contribution is 0.0693. The molecule has 1 aliphatic rings. The van der Waals surface area contributed by atoms with Crippen molar-refractivity contribution in [1.82, 2.24) is 10.2 Å². The monoisotopic (exact) mass is 402 g/mol. The number of carbonyl (C=O) groups is 3. The highest BCUT2D eigenvalue weighted by atomic mass is 32.2. The Balaban J connectivity index is 1.49. The van der Waals surface area contributed by atoms with E-state index in [1.807, 2.05) is 54.6 Å². The van der Waals surface area contributed by atoms with Crippen molar-refractivity contribution in [3.63, 3.8) is 0 Å². The molecule has 0 aliphatic carbocycles. The standard InChI is InChI=1S/C23H18N2O3S/c1-25-22(27)18-12-11-15(13-19(18)23(25)28)21(26)24-14-16-7-5-6-10-20(16)29-17-8-3-2-4-9-17/h2-13H,14H2,1H3,(H,24,26). The van der Waals surface area contributed by atoms with Gasteiger partial charge in [-0.2, -0.15) is 0 Å². The van der Waals surface area contributed by atoms with E-state index in [9.17, 15) is 14.4 Å². The van der Waals surface area contributed by atoms with E-state index in [-0.39, 0.29) is 23.3 Å². The normalized spacial score (nSPS) is 12.8. The summed E-state index contributed by atoms with van der Waals surface area (Å²) < 4.78 is 0. The molecule has 3 aromatic rings. The summed E-state index contributed by atoms with van der Waals surface area (Å²) in [5, 5.41) is 2.91. The molecule has 29 heavy (non-hydrogen) atoms. The van der Waals surface area contributed by atoms with Crippen LogP contribution in [0.3, 0.4) is 0 Å². The van der Waals surface area contributed by atoms with Crippen molar-refractivity contribution in [2.45, 2.75) is 16.3 Å². The molecule has 0 saturated heterocycles. The summed E-state index contributed by atoms with van der Waals surface area (Å²) in [6.45, 7) is 0.360. The molecule has 0 spiro atoms. The van der Waals surface area contributed by atoms with Gasteiger partial charge in [-0.15, -0.1) is 0 Å². The van der Waals surface area contributed by atoms with Crippen molar-refractivity contribution in [3.8, 4) is 0 Å². The third kappa shape index (κ3) is 3.79. The van der Waals surface area contributed by atoms with Gasteiger partial charge in [-0.3, -0.25) is 19.3 Å². The van der Waals surface area contributed by atoms with E-state index < -0.39 is 0 Å². The van der Waals surface area contributed by atoms with Crippen LogP contribution in [0.25, 0.3) is 0 Å². The summed E-state index contributed by atoms with van der Waals surface area (Å²) in [5.41, 5.74) is 1.96. The summed E-state index contributed by atoms with van der Waals surface area (Å²) in [6, 6.07) is 22.5. The van der Waals surface area contributed by atoms with E-state index in [0.717, 1.165) is 20.3 Å². The number of rotatable bonds is 5. The van der Waals surface area contributed by atoms with Gasteiger partial charge in [0, 0.05) is 28.9 Å². The lowest BCUT2D eigenvalue weighted by Gasteiger charge is -2.11. The Kier molecular flexibility index (Phi) is 5.18. The first-order chi connectivity index (χ1) is 14.0. The second-order valence-corrected chi connectivity index (χ2v) is 7.75. The van der Waals surface area contributed by atoms with Gasteiger partial charge < -0.3 is 5.32 Å². The summed E-state index contributed by atoms with van der Waals surface area (Å²) >= 11 is 1.64. The van der Waals surface area contributed by atoms with Gasteiger partial charge in [0.1, 0.15) is 0 Å². The Labute approximate surface area is 172 Å². The van der Waals surface area contributed by atoms with Gasteiger partial charge >= 0.3 is 0 Å². The number of carbonyl (C=O) groups excluding carboxylic acids is 3. The molecule has 1 heterocycles. The number of hydrogen-bond donors (Lipinski definition) is 1. The maximum Gasteiger partial charge on any atom is 0.261 e. The Morgan fingerprint density at radius 3 is 2.38 bits per heavy atom. The van der Waals surface area contributed by atoms with Crippen LogP contribution in [0.15, 0.2) is 82.6 Å². The van der Waals surface area contributed by atoms with Crippen LogP contribution in [-0.2, 0) is 6.54 Å². The maximum atomic E-state index is 12.6. The lowest BCUT2D eigenvalue weighted by atomic mass is 10.1. The third-order valence-corrected chi connectivity index (χ3v) is 5.86. The van der Waals surface area contributed by atoms with Crippen molar-refractivity contribution in [1.29, 1.82) is 0 Å². The molecule has 0 bridgehead atoms. The van der Waals surface area contributed by atoms with Crippen LogP contribution in [0.2, 0.25) is 0 Å². The van der Waals surface area contributed by atoms with Gasteiger partial charge in [0.05, 0.1) is 11.1 Å². The molecular formula is C23H18N2O3S. The lowest BCUT2D eigenvalue weighted by Crippen LogP contribution is -2.24. The van der Waals surface area contributed by atoms with Gasteiger partial charge in [0.15, 0.2) is 0 Å². The van der Waals surface area contributed by atoms with Gasteiger partial charge in [0.2, 0.25) is 0 Å². The third-order valence-electron chi connectivity index (χ3n) is 4.73. The summed E-state index contributed by atoms with van der Waals surface area (Å²) in [5.74, 6) is -1.02. The first-order valence-corrected chi connectivity index (χ1v) is 9.91. The molecule has 5 nitrogen and oxygen atoms in total. The van der Waals surface area contributed by atoms with Crippen molar-refractivity contribution < 1.29 is 14.4 Å². The second kappa shape index (κ2) is 7.93. The van der Waals surface area contributed by atoms with Gasteiger partial charge in [-0.1, -0.05) is 48.2 Å². The average Bonchev–Trinajstić information content (AvgIpc) is 2.97. The Morgan fingerprint density at radius 2 is 1.59 bits per heavy atom. The quantitative estimate of drug-likeness (QED) is 0.655. The van der Waals surface area contributed by atoms with E-state index in [2.05, 4.69) is 5.32 Å². The molecule has 0 saturated carbocycles. The molecule has 3 aromatic carbocycles. The number of imide groups is 1. The number of hydrogen-bond acceptors (Lipinski definition) is 4. The van der Waals surface area contributed by atoms with Crippen LogP contribution in [0.5, 0.6) is 0 Å². The fourth-order valence-electron chi connectivity index (χ4n) is 3.15. The van der Waals surface area contributed by atoms with Crippen LogP contribution in [0.4, 0.5) is 0 Å². The summed E-state index contributed by atoms with van der Waals surface area (Å²) in [6.07, 6.45) is 0. The minimum Gasteiger partial charge on any atom is -0.348 e. The highest BCUT2D eigenvalue weighted by Gasteiger charge is 2.33. The van der Waals surface area contributed by atoms with Gasteiger partial charge in [-0.25, -0.2) is 0 Å². The van der Waals surface area contributed by atoms with E-state index in [1.165, 1.54) is 19.2 Å². The fourth-order valence-corrected chi connectivity index (χ4v) is 4.11. The molecule has 0 radical (unpaired) electrons. The number of nitrogens with zero attached hydrogens (tertiary/aromatic N) is 1. The molecule has 4 rings (SSSR count). The van der Waals surface area contributed by atoms with E-state index in [1.54, 1.807) is 17.8 Å². The predicted octanol–water partition coefficient (Wildman–Crippen LogP) is 3.99. The topological polar surface area (TPSA) is 66.5 Å². The molecule has 3 amide bonds. The minimum atomic E-state index is -0.385. The number of benzene rings is 3. The van der Waals surface area contributed by atoms with Crippen molar-refractivity contribution in [2.75, 3.05) is 7.05 Å². The van der Waals surface area contributed by atoms with E-state index >= 15 is 0 Å². The molecule has 0 atom stereocenters. The van der Waals surface area contributed by atoms with Crippen molar-refractivity contribution in [3.05, 3.63) is 95.1 Å². The van der Waals surface area contributed by atoms with Gasteiger partial charge in [0.25, 0.3) is 17.7 Å². The zero-order valence-corrected chi connectivity index (χ0v) is 16.5. The number of amides is 3. The molecule has 1 N–H and O–H groups in total. The highest BCUT2D eigenvalue weighted by Crippen LogP contribution is 2.30. The predicted molar refractivity (Wildman–Crippen MR) is 111 cm³/mol. The molecule has 144 valence electrons. The molecule has 0 fully saturated rings. The molecule has 6 heteroatoms. The first kappa shape index (κ1) is 19.0. The fraction of sp³-hybridized carbons (Fsp3) is 0.0870. The van der Waals surface area contributed by atoms with E-state index in [0.29, 0.717) is 17.7 Å². The van der Waals surface area contributed by atoms with E-state index in [4.69, 9.17) is 0 Å². The minimum absolute atomic E-state index is 0.269. The number of nitrogens with one attached hydrogen (secondary N) is 1. The van der Waals surface area contributed by atoms with Crippen LogP contribution in [-0.4, -0.2) is 29.7 Å². The van der Waals surface area contributed by atoms with Crippen LogP contribution >= 0.6 is 11.8 Å². The Bertz CT molecular complexity index is 1110. The summed E-state index contributed by atoms with van der Waals surface area (Å²) in [4.78, 5) is 40.0. The Hall–Kier alpha value is -3.38. The average molecular weight is 402 g/mol. The summed E-state index contributed by atoms with van der Waals surface area (Å²) in [7, 11) is 1.44. The van der Waals surface area contributed by atoms with Crippen LogP contribution in [0, 0.1) is 0 Å². The molecule has 0 aromatic heterocycles. The van der Waals surface area contributed by atoms with Crippen LogP contribution < -0.4 is 5.32 Å². The van der Waals surface area contributed by atoms with Crippen molar-refractivity contribution in [2.24, 2.45) is 0 Å². The molecule has 1 aliphatic heterocycles. The molecule has 0 unspecified atom stereocenters. The highest BCUT2D eigenvalue weighted by molar-refractivity contribution is 7.99. The number of fused-ring (bicyclic) bond motifs is 1. The zero-order valence-electron chi connectivity index (χ0n) is 15.7. The van der Waals surface area contributed by atoms with Crippen molar-refractivity contribution >= 4 is 29.5 Å². The first-order valence-electron chi connectivity index (χ1n) is 9.10. The zero-order chi connectivity index (χ0) is 20.4. The molecular weight excluding hydrogens is 384 g/mol. The van der Waals surface area contributed by atoms with Gasteiger partial charge in [-0.05, 0) is 42.0 Å².